The number of fused-ring (bicyclic) bond motifs is 21. The minimum absolute atomic E-state index is 0.374. The van der Waals surface area contributed by atoms with Crippen molar-refractivity contribution in [3.8, 4) is 56.4 Å². The first-order chi connectivity index (χ1) is 33.1. The molecule has 2 nitrogen and oxygen atoms in total. The van der Waals surface area contributed by atoms with Crippen molar-refractivity contribution in [2.75, 3.05) is 0 Å². The SMILES string of the molecule is Clc1ccccc1Cc1ccc2c(c1)C1(c3ccccc3Oc3ccccc31)c1ccccc1-2.c1ccc2c(c1)Cc1cc3c(cc1-2)-c1ccccc1C31c2ccccc2Oc2ccccc21. The van der Waals surface area contributed by atoms with E-state index in [4.69, 9.17) is 21.1 Å². The summed E-state index contributed by atoms with van der Waals surface area (Å²) in [7, 11) is 0. The molecule has 0 unspecified atom stereocenters. The van der Waals surface area contributed by atoms with Gasteiger partial charge in [-0.05, 0) is 127 Å². The third-order valence-corrected chi connectivity index (χ3v) is 15.4. The van der Waals surface area contributed by atoms with Gasteiger partial charge in [-0.3, -0.25) is 0 Å². The topological polar surface area (TPSA) is 18.5 Å². The van der Waals surface area contributed by atoms with Gasteiger partial charge < -0.3 is 9.47 Å². The molecule has 0 N–H and O–H groups in total. The fourth-order valence-electron chi connectivity index (χ4n) is 12.4. The van der Waals surface area contributed by atoms with E-state index in [0.717, 1.165) is 46.4 Å². The molecule has 0 bridgehead atoms. The van der Waals surface area contributed by atoms with Crippen molar-refractivity contribution in [3.63, 3.8) is 0 Å². The highest BCUT2D eigenvalue weighted by Gasteiger charge is 2.53. The maximum atomic E-state index is 6.52. The molecule has 0 aromatic heterocycles. The van der Waals surface area contributed by atoms with Crippen LogP contribution in [0.4, 0.5) is 0 Å². The van der Waals surface area contributed by atoms with Crippen molar-refractivity contribution in [1.82, 2.24) is 0 Å². The van der Waals surface area contributed by atoms with Gasteiger partial charge in [0.2, 0.25) is 0 Å². The van der Waals surface area contributed by atoms with Gasteiger partial charge in [-0.25, -0.2) is 0 Å². The van der Waals surface area contributed by atoms with Crippen LogP contribution in [0, 0.1) is 0 Å². The highest BCUT2D eigenvalue weighted by Crippen LogP contribution is 2.64. The zero-order valence-electron chi connectivity index (χ0n) is 36.5. The Morgan fingerprint density at radius 2 is 0.761 bits per heavy atom. The monoisotopic (exact) mass is 876 g/mol. The molecule has 2 spiro atoms. The van der Waals surface area contributed by atoms with Gasteiger partial charge >= 0.3 is 0 Å². The second-order valence-corrected chi connectivity index (χ2v) is 18.7. The van der Waals surface area contributed by atoms with Gasteiger partial charge in [-0.15, -0.1) is 0 Å². The average molecular weight is 877 g/mol. The molecule has 67 heavy (non-hydrogen) atoms. The average Bonchev–Trinajstić information content (AvgIpc) is 3.99. The lowest BCUT2D eigenvalue weighted by molar-refractivity contribution is 0.436. The van der Waals surface area contributed by atoms with Crippen molar-refractivity contribution in [3.05, 3.63) is 296 Å². The Morgan fingerprint density at radius 1 is 0.328 bits per heavy atom. The summed E-state index contributed by atoms with van der Waals surface area (Å²) in [6.45, 7) is 0. The first kappa shape index (κ1) is 38.4. The summed E-state index contributed by atoms with van der Waals surface area (Å²) in [4.78, 5) is 0. The molecule has 0 saturated heterocycles. The van der Waals surface area contributed by atoms with Crippen molar-refractivity contribution in [2.24, 2.45) is 0 Å². The Bertz CT molecular complexity index is 3600. The molecular formula is C64H41ClO2. The second-order valence-electron chi connectivity index (χ2n) is 18.3. The van der Waals surface area contributed by atoms with E-state index in [-0.39, 0.29) is 5.41 Å². The Kier molecular flexibility index (Phi) is 8.33. The van der Waals surface area contributed by atoms with Gasteiger partial charge in [-0.2, -0.15) is 0 Å². The van der Waals surface area contributed by atoms with Crippen LogP contribution in [0.3, 0.4) is 0 Å². The summed E-state index contributed by atoms with van der Waals surface area (Å²) in [5.74, 6) is 3.73. The lowest BCUT2D eigenvalue weighted by Crippen LogP contribution is -2.32. The highest BCUT2D eigenvalue weighted by molar-refractivity contribution is 6.31. The molecule has 0 saturated carbocycles. The maximum Gasteiger partial charge on any atom is 0.132 e. The lowest BCUT2D eigenvalue weighted by atomic mass is 9.66. The van der Waals surface area contributed by atoms with Crippen LogP contribution in [0.15, 0.2) is 224 Å². The fraction of sp³-hybridized carbons (Fsp3) is 0.0625. The third kappa shape index (κ3) is 5.33. The van der Waals surface area contributed by atoms with Gasteiger partial charge in [0.15, 0.2) is 0 Å². The molecule has 0 radical (unpaired) electrons. The Hall–Kier alpha value is -7.91. The van der Waals surface area contributed by atoms with E-state index in [9.17, 15) is 0 Å². The lowest BCUT2D eigenvalue weighted by Gasteiger charge is -2.39. The van der Waals surface area contributed by atoms with Gasteiger partial charge in [0.1, 0.15) is 23.0 Å². The van der Waals surface area contributed by atoms with Crippen LogP contribution in [0.2, 0.25) is 5.02 Å². The molecule has 3 heteroatoms. The molecule has 316 valence electrons. The standard InChI is InChI=1S/C32H21ClO.C32H20O/c33-29-14-6-1-9-22(29)19-21-17-18-24-23-10-2-3-11-25(23)32(28(24)20-21)26-12-4-7-15-30(26)34-31-16-8-5-13-27(31)32;1-2-10-22-20(9-1)17-21-18-29-25(19-24(21)22)23-11-3-4-12-26(23)32(29)27-13-5-7-15-30(27)33-31-16-8-6-14-28(31)32/h1-18,20H,19H2;1-16,18-19H,17H2. The van der Waals surface area contributed by atoms with Crippen LogP contribution in [0.1, 0.15) is 66.8 Å². The Labute approximate surface area is 395 Å². The second kappa shape index (κ2) is 14.5. The van der Waals surface area contributed by atoms with E-state index in [0.29, 0.717) is 0 Å². The largest absolute Gasteiger partial charge is 0.457 e. The molecule has 0 atom stereocenters. The molecule has 2 heterocycles. The summed E-state index contributed by atoms with van der Waals surface area (Å²) in [5.41, 5.74) is 22.6. The number of hydrogen-bond acceptors (Lipinski definition) is 2. The summed E-state index contributed by atoms with van der Waals surface area (Å²) >= 11 is 6.52. The number of ether oxygens (including phenoxy) is 2. The van der Waals surface area contributed by atoms with Gasteiger partial charge in [0.25, 0.3) is 0 Å². The number of halogens is 1. The van der Waals surface area contributed by atoms with E-state index in [1.54, 1.807) is 0 Å². The minimum atomic E-state index is -0.423. The fourth-order valence-corrected chi connectivity index (χ4v) is 12.6. The van der Waals surface area contributed by atoms with E-state index >= 15 is 0 Å². The molecule has 10 aromatic carbocycles. The first-order valence-corrected chi connectivity index (χ1v) is 23.6. The van der Waals surface area contributed by atoms with E-state index < -0.39 is 5.41 Å². The van der Waals surface area contributed by atoms with Crippen molar-refractivity contribution < 1.29 is 9.47 Å². The highest BCUT2D eigenvalue weighted by atomic mass is 35.5. The van der Waals surface area contributed by atoms with E-state index in [1.807, 2.05) is 12.1 Å². The Balaban J connectivity index is 0.000000127. The summed E-state index contributed by atoms with van der Waals surface area (Å²) in [6, 6.07) is 80.7. The van der Waals surface area contributed by atoms with Gasteiger partial charge in [-0.1, -0.05) is 200 Å². The molecule has 10 aromatic rings. The zero-order valence-corrected chi connectivity index (χ0v) is 37.2. The van der Waals surface area contributed by atoms with Crippen LogP contribution in [-0.4, -0.2) is 0 Å². The number of para-hydroxylation sites is 4. The molecule has 0 amide bonds. The van der Waals surface area contributed by atoms with Crippen molar-refractivity contribution >= 4 is 11.6 Å². The van der Waals surface area contributed by atoms with Gasteiger partial charge in [0, 0.05) is 27.3 Å². The summed E-state index contributed by atoms with van der Waals surface area (Å²) in [5, 5.41) is 0.808. The number of rotatable bonds is 2. The number of hydrogen-bond donors (Lipinski definition) is 0. The van der Waals surface area contributed by atoms with Crippen LogP contribution in [0.5, 0.6) is 23.0 Å². The molecule has 2 aliphatic heterocycles. The molecule has 3 aliphatic carbocycles. The van der Waals surface area contributed by atoms with Crippen LogP contribution in [-0.2, 0) is 23.7 Å². The minimum Gasteiger partial charge on any atom is -0.457 e. The van der Waals surface area contributed by atoms with Crippen molar-refractivity contribution in [1.29, 1.82) is 0 Å². The van der Waals surface area contributed by atoms with Gasteiger partial charge in [0.05, 0.1) is 10.8 Å². The third-order valence-electron chi connectivity index (χ3n) is 15.0. The van der Waals surface area contributed by atoms with Crippen LogP contribution in [0.25, 0.3) is 33.4 Å². The molecule has 5 aliphatic rings. The van der Waals surface area contributed by atoms with E-state index in [2.05, 4.69) is 212 Å². The quantitative estimate of drug-likeness (QED) is 0.172. The molecular weight excluding hydrogens is 836 g/mol. The predicted molar refractivity (Wildman–Crippen MR) is 270 cm³/mol. The normalized spacial score (nSPS) is 14.5. The van der Waals surface area contributed by atoms with Crippen molar-refractivity contribution in [2.45, 2.75) is 23.7 Å². The Morgan fingerprint density at radius 3 is 1.33 bits per heavy atom. The number of benzene rings is 10. The zero-order chi connectivity index (χ0) is 44.3. The van der Waals surface area contributed by atoms with E-state index in [1.165, 1.54) is 94.6 Å². The predicted octanol–water partition coefficient (Wildman–Crippen LogP) is 16.1. The molecule has 0 fully saturated rings. The maximum absolute atomic E-state index is 6.52. The molecule has 15 rings (SSSR count). The first-order valence-electron chi connectivity index (χ1n) is 23.2. The smallest absolute Gasteiger partial charge is 0.132 e. The summed E-state index contributed by atoms with van der Waals surface area (Å²) < 4.78 is 12.9. The van der Waals surface area contributed by atoms with Crippen LogP contribution < -0.4 is 9.47 Å². The summed E-state index contributed by atoms with van der Waals surface area (Å²) in [6.07, 6.45) is 1.78. The van der Waals surface area contributed by atoms with Crippen LogP contribution >= 0.6 is 11.6 Å².